The third kappa shape index (κ3) is 4.38. The van der Waals surface area contributed by atoms with Crippen LogP contribution < -0.4 is 4.90 Å². The molecule has 0 atom stereocenters. The van der Waals surface area contributed by atoms with Crippen molar-refractivity contribution in [2.45, 2.75) is 6.92 Å². The Morgan fingerprint density at radius 2 is 2.10 bits per heavy atom. The lowest BCUT2D eigenvalue weighted by atomic mass is 10.2. The van der Waals surface area contributed by atoms with Gasteiger partial charge >= 0.3 is 5.97 Å². The van der Waals surface area contributed by atoms with Crippen molar-refractivity contribution < 1.29 is 14.7 Å². The molecule has 0 spiro atoms. The van der Waals surface area contributed by atoms with Crippen molar-refractivity contribution >= 4 is 23.8 Å². The van der Waals surface area contributed by atoms with Gasteiger partial charge in [0.1, 0.15) is 5.82 Å². The van der Waals surface area contributed by atoms with E-state index >= 15 is 0 Å². The van der Waals surface area contributed by atoms with Gasteiger partial charge in [-0.2, -0.15) is 0 Å². The molecule has 108 valence electrons. The lowest BCUT2D eigenvalue weighted by Gasteiger charge is -2.24. The molecule has 0 saturated heterocycles. The van der Waals surface area contributed by atoms with Crippen molar-refractivity contribution in [2.24, 2.45) is 0 Å². The summed E-state index contributed by atoms with van der Waals surface area (Å²) in [6.45, 7) is 2.72. The Kier molecular flexibility index (Phi) is 5.71. The number of pyridine rings is 1. The van der Waals surface area contributed by atoms with Gasteiger partial charge in [0.2, 0.25) is 5.91 Å². The maximum Gasteiger partial charge on any atom is 0.328 e. The van der Waals surface area contributed by atoms with E-state index in [0.717, 1.165) is 6.08 Å². The maximum atomic E-state index is 11.8. The fourth-order valence-corrected chi connectivity index (χ4v) is 1.61. The van der Waals surface area contributed by atoms with Crippen molar-refractivity contribution in [3.05, 3.63) is 30.0 Å². The number of rotatable bonds is 6. The standard InChI is InChI=1S/C14H19N3O3/c1-4-17(10-12(18)16(2)3)14-11(6-5-9-15-14)7-8-13(19)20/h5-9H,4,10H2,1-3H3,(H,19,20)/b8-7+. The molecule has 1 N–H and O–H groups in total. The van der Waals surface area contributed by atoms with E-state index in [4.69, 9.17) is 5.11 Å². The normalized spacial score (nSPS) is 10.6. The predicted octanol–water partition coefficient (Wildman–Crippen LogP) is 1.09. The van der Waals surface area contributed by atoms with Crippen LogP contribution in [0.4, 0.5) is 5.82 Å². The van der Waals surface area contributed by atoms with Gasteiger partial charge in [0.05, 0.1) is 6.54 Å². The number of carbonyl (C=O) groups excluding carboxylic acids is 1. The molecule has 0 unspecified atom stereocenters. The van der Waals surface area contributed by atoms with Crippen molar-refractivity contribution in [2.75, 3.05) is 32.1 Å². The van der Waals surface area contributed by atoms with Crippen molar-refractivity contribution in [3.63, 3.8) is 0 Å². The fraction of sp³-hybridized carbons (Fsp3) is 0.357. The average Bonchev–Trinajstić information content (AvgIpc) is 2.42. The van der Waals surface area contributed by atoms with Crippen LogP contribution in [0.25, 0.3) is 6.08 Å². The highest BCUT2D eigenvalue weighted by atomic mass is 16.4. The molecule has 0 aliphatic carbocycles. The number of anilines is 1. The van der Waals surface area contributed by atoms with E-state index in [9.17, 15) is 9.59 Å². The second-order valence-electron chi connectivity index (χ2n) is 4.39. The molecule has 0 radical (unpaired) electrons. The monoisotopic (exact) mass is 277 g/mol. The number of nitrogens with zero attached hydrogens (tertiary/aromatic N) is 3. The number of carboxylic acid groups (broad SMARTS) is 1. The van der Waals surface area contributed by atoms with E-state index < -0.39 is 5.97 Å². The van der Waals surface area contributed by atoms with Gasteiger partial charge in [0, 0.05) is 38.5 Å². The van der Waals surface area contributed by atoms with Crippen LogP contribution in [0, 0.1) is 0 Å². The number of hydrogen-bond donors (Lipinski definition) is 1. The minimum Gasteiger partial charge on any atom is -0.478 e. The summed E-state index contributed by atoms with van der Waals surface area (Å²) in [5.41, 5.74) is 0.670. The number of carboxylic acids is 1. The molecule has 1 amide bonds. The molecule has 0 aromatic carbocycles. The Morgan fingerprint density at radius 3 is 2.65 bits per heavy atom. The number of hydrogen-bond acceptors (Lipinski definition) is 4. The topological polar surface area (TPSA) is 73.7 Å². The summed E-state index contributed by atoms with van der Waals surface area (Å²) < 4.78 is 0. The second-order valence-corrected chi connectivity index (χ2v) is 4.39. The first kappa shape index (κ1) is 15.7. The molecule has 1 aromatic rings. The van der Waals surface area contributed by atoms with E-state index in [1.165, 1.54) is 11.0 Å². The van der Waals surface area contributed by atoms with Gasteiger partial charge in [0.15, 0.2) is 0 Å². The number of amides is 1. The fourth-order valence-electron chi connectivity index (χ4n) is 1.61. The minimum absolute atomic E-state index is 0.0364. The van der Waals surface area contributed by atoms with E-state index in [2.05, 4.69) is 4.98 Å². The van der Waals surface area contributed by atoms with E-state index in [0.29, 0.717) is 17.9 Å². The van der Waals surface area contributed by atoms with Crippen LogP contribution in [-0.4, -0.2) is 54.1 Å². The van der Waals surface area contributed by atoms with Crippen LogP contribution in [0.5, 0.6) is 0 Å². The van der Waals surface area contributed by atoms with Gasteiger partial charge in [-0.05, 0) is 25.1 Å². The summed E-state index contributed by atoms with van der Waals surface area (Å²) in [5, 5.41) is 8.70. The summed E-state index contributed by atoms with van der Waals surface area (Å²) >= 11 is 0. The molecule has 20 heavy (non-hydrogen) atoms. The lowest BCUT2D eigenvalue weighted by Crippen LogP contribution is -2.37. The third-order valence-electron chi connectivity index (χ3n) is 2.73. The first-order chi connectivity index (χ1) is 9.45. The zero-order valence-electron chi connectivity index (χ0n) is 11.9. The Labute approximate surface area is 118 Å². The molecule has 0 aliphatic rings. The van der Waals surface area contributed by atoms with Crippen LogP contribution in [0.1, 0.15) is 12.5 Å². The summed E-state index contributed by atoms with van der Waals surface area (Å²) in [5.74, 6) is -0.458. The summed E-state index contributed by atoms with van der Waals surface area (Å²) in [4.78, 5) is 30.0. The quantitative estimate of drug-likeness (QED) is 0.788. The van der Waals surface area contributed by atoms with E-state index in [1.54, 1.807) is 32.4 Å². The number of aliphatic carboxylic acids is 1. The molecule has 1 rings (SSSR count). The highest BCUT2D eigenvalue weighted by Crippen LogP contribution is 2.18. The molecule has 6 heteroatoms. The summed E-state index contributed by atoms with van der Waals surface area (Å²) in [6.07, 6.45) is 4.16. The average molecular weight is 277 g/mol. The van der Waals surface area contributed by atoms with Gasteiger partial charge in [-0.1, -0.05) is 0 Å². The number of carbonyl (C=O) groups is 2. The van der Waals surface area contributed by atoms with Crippen LogP contribution in [-0.2, 0) is 9.59 Å². The zero-order chi connectivity index (χ0) is 15.1. The molecule has 1 heterocycles. The molecule has 0 aliphatic heterocycles. The molecule has 0 fully saturated rings. The first-order valence-corrected chi connectivity index (χ1v) is 6.26. The van der Waals surface area contributed by atoms with Gasteiger partial charge in [0.25, 0.3) is 0 Å². The molecule has 1 aromatic heterocycles. The Morgan fingerprint density at radius 1 is 1.40 bits per heavy atom. The summed E-state index contributed by atoms with van der Waals surface area (Å²) in [7, 11) is 3.39. The minimum atomic E-state index is -1.02. The number of likely N-dealkylation sites (N-methyl/N-ethyl adjacent to an activating group) is 2. The van der Waals surface area contributed by atoms with E-state index in [1.807, 2.05) is 11.8 Å². The highest BCUT2D eigenvalue weighted by Gasteiger charge is 2.14. The largest absolute Gasteiger partial charge is 0.478 e. The Hall–Kier alpha value is -2.37. The van der Waals surface area contributed by atoms with Gasteiger partial charge in [-0.15, -0.1) is 0 Å². The van der Waals surface area contributed by atoms with E-state index in [-0.39, 0.29) is 12.5 Å². The Bertz CT molecular complexity index is 512. The van der Waals surface area contributed by atoms with Crippen LogP contribution >= 0.6 is 0 Å². The Balaban J connectivity index is 3.03. The van der Waals surface area contributed by atoms with Crippen LogP contribution in [0.2, 0.25) is 0 Å². The van der Waals surface area contributed by atoms with Crippen LogP contribution in [0.15, 0.2) is 24.4 Å². The van der Waals surface area contributed by atoms with Crippen molar-refractivity contribution in [3.8, 4) is 0 Å². The predicted molar refractivity (Wildman–Crippen MR) is 77.5 cm³/mol. The number of aromatic nitrogens is 1. The molecule has 6 nitrogen and oxygen atoms in total. The highest BCUT2D eigenvalue weighted by molar-refractivity contribution is 5.87. The smallest absolute Gasteiger partial charge is 0.328 e. The molecular formula is C14H19N3O3. The molecule has 0 bridgehead atoms. The third-order valence-corrected chi connectivity index (χ3v) is 2.73. The second kappa shape index (κ2) is 7.28. The summed E-state index contributed by atoms with van der Waals surface area (Å²) in [6, 6.07) is 3.50. The molecular weight excluding hydrogens is 258 g/mol. The van der Waals surface area contributed by atoms with Crippen molar-refractivity contribution in [1.82, 2.24) is 9.88 Å². The lowest BCUT2D eigenvalue weighted by molar-refractivity contribution is -0.131. The van der Waals surface area contributed by atoms with Crippen molar-refractivity contribution in [1.29, 1.82) is 0 Å². The van der Waals surface area contributed by atoms with Gasteiger partial charge in [-0.3, -0.25) is 4.79 Å². The SMILES string of the molecule is CCN(CC(=O)N(C)C)c1ncccc1/C=C/C(=O)O. The van der Waals surface area contributed by atoms with Gasteiger partial charge < -0.3 is 14.9 Å². The zero-order valence-corrected chi connectivity index (χ0v) is 11.9. The maximum absolute atomic E-state index is 11.8. The first-order valence-electron chi connectivity index (χ1n) is 6.26. The molecule has 0 saturated carbocycles. The van der Waals surface area contributed by atoms with Crippen LogP contribution in [0.3, 0.4) is 0 Å². The van der Waals surface area contributed by atoms with Gasteiger partial charge in [-0.25, -0.2) is 9.78 Å².